The molecular weight excluding hydrogens is 374 g/mol. The Morgan fingerprint density at radius 1 is 1.07 bits per heavy atom. The molecule has 1 unspecified atom stereocenters. The van der Waals surface area contributed by atoms with E-state index >= 15 is 0 Å². The van der Waals surface area contributed by atoms with E-state index in [4.69, 9.17) is 4.99 Å². The fourth-order valence-electron chi connectivity index (χ4n) is 3.53. The number of piperazine rings is 1. The van der Waals surface area contributed by atoms with Crippen molar-refractivity contribution in [1.29, 1.82) is 0 Å². The second kappa shape index (κ2) is 11.5. The summed E-state index contributed by atoms with van der Waals surface area (Å²) in [6.45, 7) is 13.9. The van der Waals surface area contributed by atoms with Gasteiger partial charge in [0.1, 0.15) is 0 Å². The van der Waals surface area contributed by atoms with E-state index in [1.165, 1.54) is 11.1 Å². The number of guanidine groups is 1. The fraction of sp³-hybridized carbons (Fsp3) is 0.522. The van der Waals surface area contributed by atoms with Gasteiger partial charge < -0.3 is 15.5 Å². The minimum atomic E-state index is 0.398. The van der Waals surface area contributed by atoms with Gasteiger partial charge in [-0.1, -0.05) is 36.8 Å². The maximum absolute atomic E-state index is 4.80. The quantitative estimate of drug-likeness (QED) is 0.515. The molecule has 7 heteroatoms. The zero-order valence-corrected chi connectivity index (χ0v) is 18.5. The number of aliphatic imine (C=N–C) groups is 1. The molecule has 0 radical (unpaired) electrons. The Hall–Kier alpha value is -2.67. The molecule has 3 rings (SSSR count). The van der Waals surface area contributed by atoms with Crippen molar-refractivity contribution in [3.63, 3.8) is 0 Å². The lowest BCUT2D eigenvalue weighted by Crippen LogP contribution is -2.49. The third kappa shape index (κ3) is 6.69. The smallest absolute Gasteiger partial charge is 0.225 e. The summed E-state index contributed by atoms with van der Waals surface area (Å²) in [7, 11) is 0. The number of aromatic nitrogens is 2. The summed E-state index contributed by atoms with van der Waals surface area (Å²) in [6.07, 6.45) is 3.61. The van der Waals surface area contributed by atoms with Gasteiger partial charge >= 0.3 is 0 Å². The van der Waals surface area contributed by atoms with Gasteiger partial charge in [0.25, 0.3) is 0 Å². The molecule has 2 heterocycles. The number of rotatable bonds is 8. The van der Waals surface area contributed by atoms with Crippen LogP contribution in [0.25, 0.3) is 0 Å². The Balaban J connectivity index is 1.41. The molecule has 0 amide bonds. The molecule has 2 aromatic rings. The van der Waals surface area contributed by atoms with Gasteiger partial charge in [0.05, 0.1) is 0 Å². The molecule has 162 valence electrons. The SMILES string of the molecule is CCNC(=NCC(C)c1ccc(C)cc1)NCCN1CCN(c2ncccn2)CC1. The van der Waals surface area contributed by atoms with Crippen molar-refractivity contribution in [2.75, 3.05) is 57.3 Å². The predicted molar refractivity (Wildman–Crippen MR) is 124 cm³/mol. The zero-order chi connectivity index (χ0) is 21.2. The Morgan fingerprint density at radius 2 is 1.77 bits per heavy atom. The number of benzene rings is 1. The molecule has 1 aromatic carbocycles. The van der Waals surface area contributed by atoms with Gasteiger partial charge in [0.15, 0.2) is 5.96 Å². The lowest BCUT2D eigenvalue weighted by Gasteiger charge is -2.34. The van der Waals surface area contributed by atoms with E-state index in [-0.39, 0.29) is 0 Å². The highest BCUT2D eigenvalue weighted by Crippen LogP contribution is 2.16. The molecule has 1 atom stereocenters. The molecule has 2 N–H and O–H groups in total. The van der Waals surface area contributed by atoms with Crippen molar-refractivity contribution in [2.24, 2.45) is 4.99 Å². The van der Waals surface area contributed by atoms with Gasteiger partial charge in [-0.15, -0.1) is 0 Å². The number of anilines is 1. The van der Waals surface area contributed by atoms with Crippen LogP contribution in [0, 0.1) is 6.92 Å². The van der Waals surface area contributed by atoms with E-state index in [0.29, 0.717) is 5.92 Å². The molecule has 1 aromatic heterocycles. The van der Waals surface area contributed by atoms with Gasteiger partial charge in [-0.3, -0.25) is 9.89 Å². The van der Waals surface area contributed by atoms with Crippen LogP contribution in [0.5, 0.6) is 0 Å². The fourth-order valence-corrected chi connectivity index (χ4v) is 3.53. The van der Waals surface area contributed by atoms with Crippen LogP contribution in [-0.4, -0.2) is 73.2 Å². The summed E-state index contributed by atoms with van der Waals surface area (Å²) in [5.74, 6) is 2.13. The number of nitrogens with zero attached hydrogens (tertiary/aromatic N) is 5. The van der Waals surface area contributed by atoms with Crippen molar-refractivity contribution in [3.05, 3.63) is 53.9 Å². The molecule has 0 spiro atoms. The van der Waals surface area contributed by atoms with Crippen LogP contribution < -0.4 is 15.5 Å². The van der Waals surface area contributed by atoms with E-state index in [1.807, 2.05) is 6.07 Å². The molecule has 7 nitrogen and oxygen atoms in total. The normalized spacial score (nSPS) is 16.4. The van der Waals surface area contributed by atoms with E-state index in [9.17, 15) is 0 Å². The summed E-state index contributed by atoms with van der Waals surface area (Å²) in [4.78, 5) is 18.2. The van der Waals surface area contributed by atoms with Gasteiger partial charge in [0.2, 0.25) is 5.95 Å². The van der Waals surface area contributed by atoms with Crippen molar-refractivity contribution < 1.29 is 0 Å². The largest absolute Gasteiger partial charge is 0.357 e. The number of nitrogens with one attached hydrogen (secondary N) is 2. The number of aryl methyl sites for hydroxylation is 1. The summed E-state index contributed by atoms with van der Waals surface area (Å²) >= 11 is 0. The minimum Gasteiger partial charge on any atom is -0.357 e. The number of hydrogen-bond acceptors (Lipinski definition) is 5. The van der Waals surface area contributed by atoms with Crippen LogP contribution >= 0.6 is 0 Å². The molecule has 0 aliphatic carbocycles. The second-order valence-corrected chi connectivity index (χ2v) is 7.84. The first kappa shape index (κ1) is 22.0. The molecule has 1 aliphatic heterocycles. The van der Waals surface area contributed by atoms with Gasteiger partial charge in [0, 0.05) is 70.7 Å². The van der Waals surface area contributed by atoms with E-state index in [2.05, 4.69) is 75.4 Å². The van der Waals surface area contributed by atoms with E-state index in [0.717, 1.165) is 64.3 Å². The van der Waals surface area contributed by atoms with Gasteiger partial charge in [-0.25, -0.2) is 9.97 Å². The van der Waals surface area contributed by atoms with Crippen molar-refractivity contribution in [1.82, 2.24) is 25.5 Å². The van der Waals surface area contributed by atoms with Crippen molar-refractivity contribution >= 4 is 11.9 Å². The molecule has 30 heavy (non-hydrogen) atoms. The predicted octanol–water partition coefficient (Wildman–Crippen LogP) is 2.27. The zero-order valence-electron chi connectivity index (χ0n) is 18.5. The third-order valence-electron chi connectivity index (χ3n) is 5.44. The maximum Gasteiger partial charge on any atom is 0.225 e. The Kier molecular flexibility index (Phi) is 8.44. The standard InChI is InChI=1S/C23H35N7/c1-4-24-22(28-18-20(3)21-8-6-19(2)7-9-21)25-12-13-29-14-16-30(17-15-29)23-26-10-5-11-27-23/h5-11,20H,4,12-18H2,1-3H3,(H2,24,25,28). The molecule has 0 saturated carbocycles. The Labute approximate surface area is 180 Å². The van der Waals surface area contributed by atoms with Gasteiger partial charge in [-0.05, 0) is 25.5 Å². The van der Waals surface area contributed by atoms with Crippen LogP contribution in [0.15, 0.2) is 47.7 Å². The second-order valence-electron chi connectivity index (χ2n) is 7.84. The first-order valence-corrected chi connectivity index (χ1v) is 11.0. The molecule has 0 bridgehead atoms. The average molecular weight is 410 g/mol. The van der Waals surface area contributed by atoms with Crippen molar-refractivity contribution in [3.8, 4) is 0 Å². The topological polar surface area (TPSA) is 68.7 Å². The van der Waals surface area contributed by atoms with Crippen LogP contribution in [0.4, 0.5) is 5.95 Å². The summed E-state index contributed by atoms with van der Waals surface area (Å²) in [6, 6.07) is 10.6. The summed E-state index contributed by atoms with van der Waals surface area (Å²) in [5.41, 5.74) is 2.63. The molecule has 1 saturated heterocycles. The van der Waals surface area contributed by atoms with Crippen LogP contribution in [-0.2, 0) is 0 Å². The van der Waals surface area contributed by atoms with Crippen LogP contribution in [0.1, 0.15) is 30.9 Å². The lowest BCUT2D eigenvalue weighted by atomic mass is 10.0. The lowest BCUT2D eigenvalue weighted by molar-refractivity contribution is 0.260. The monoisotopic (exact) mass is 409 g/mol. The third-order valence-corrected chi connectivity index (χ3v) is 5.44. The highest BCUT2D eigenvalue weighted by atomic mass is 15.3. The maximum atomic E-state index is 4.80. The number of hydrogen-bond donors (Lipinski definition) is 2. The van der Waals surface area contributed by atoms with Crippen LogP contribution in [0.3, 0.4) is 0 Å². The highest BCUT2D eigenvalue weighted by Gasteiger charge is 2.18. The average Bonchev–Trinajstić information content (AvgIpc) is 2.79. The molecule has 1 aliphatic rings. The first-order chi connectivity index (χ1) is 14.7. The van der Waals surface area contributed by atoms with E-state index < -0.39 is 0 Å². The van der Waals surface area contributed by atoms with Crippen LogP contribution in [0.2, 0.25) is 0 Å². The first-order valence-electron chi connectivity index (χ1n) is 11.0. The molecule has 1 fully saturated rings. The minimum absolute atomic E-state index is 0.398. The summed E-state index contributed by atoms with van der Waals surface area (Å²) < 4.78 is 0. The van der Waals surface area contributed by atoms with E-state index in [1.54, 1.807) is 12.4 Å². The Bertz CT molecular complexity index is 768. The summed E-state index contributed by atoms with van der Waals surface area (Å²) in [5, 5.41) is 6.85. The van der Waals surface area contributed by atoms with Crippen molar-refractivity contribution in [2.45, 2.75) is 26.7 Å². The highest BCUT2D eigenvalue weighted by molar-refractivity contribution is 5.79. The Morgan fingerprint density at radius 3 is 2.43 bits per heavy atom. The molecular formula is C23H35N7. The van der Waals surface area contributed by atoms with Gasteiger partial charge in [-0.2, -0.15) is 0 Å².